The zero-order chi connectivity index (χ0) is 24.3. The summed E-state index contributed by atoms with van der Waals surface area (Å²) in [4.78, 5) is 34.3. The van der Waals surface area contributed by atoms with Crippen molar-refractivity contribution in [2.45, 2.75) is 25.0 Å². The van der Waals surface area contributed by atoms with Crippen molar-refractivity contribution < 1.29 is 40.8 Å². The molecule has 1 amide bonds. The molecular weight excluding hydrogens is 457 g/mol. The van der Waals surface area contributed by atoms with E-state index < -0.39 is 55.9 Å². The molecule has 172 valence electrons. The highest BCUT2D eigenvalue weighted by Gasteiger charge is 2.36. The van der Waals surface area contributed by atoms with E-state index in [0.29, 0.717) is 5.56 Å². The number of nitro groups is 1. The van der Waals surface area contributed by atoms with Crippen LogP contribution in [0.2, 0.25) is 0 Å². The summed E-state index contributed by atoms with van der Waals surface area (Å²) < 4.78 is 67.4. The second-order valence-corrected chi connectivity index (χ2v) is 8.93. The van der Waals surface area contributed by atoms with Gasteiger partial charge in [0.1, 0.15) is 0 Å². The van der Waals surface area contributed by atoms with Gasteiger partial charge in [-0.3, -0.25) is 14.9 Å². The molecule has 0 radical (unpaired) electrons. The van der Waals surface area contributed by atoms with Gasteiger partial charge in [-0.2, -0.15) is 13.2 Å². The number of sulfone groups is 1. The number of benzene rings is 2. The van der Waals surface area contributed by atoms with Gasteiger partial charge in [0.2, 0.25) is 0 Å². The molecule has 0 aliphatic rings. The van der Waals surface area contributed by atoms with Gasteiger partial charge in [0.15, 0.2) is 15.9 Å². The van der Waals surface area contributed by atoms with E-state index in [1.165, 1.54) is 24.3 Å². The van der Waals surface area contributed by atoms with Crippen LogP contribution < -0.4 is 5.32 Å². The van der Waals surface area contributed by atoms with Crippen LogP contribution in [0.4, 0.5) is 24.5 Å². The highest BCUT2D eigenvalue weighted by atomic mass is 32.2. The first-order valence-corrected chi connectivity index (χ1v) is 10.9. The molecule has 0 saturated carbocycles. The Morgan fingerprint density at radius 1 is 1.19 bits per heavy atom. The van der Waals surface area contributed by atoms with Gasteiger partial charge >= 0.3 is 12.1 Å². The number of carbonyl (C=O) groups excluding carboxylic acids is 2. The minimum atomic E-state index is -4.99. The second-order valence-electron chi connectivity index (χ2n) is 6.79. The molecule has 0 aliphatic heterocycles. The van der Waals surface area contributed by atoms with Crippen molar-refractivity contribution in [3.05, 3.63) is 69.3 Å². The van der Waals surface area contributed by atoms with Crippen LogP contribution in [-0.4, -0.2) is 37.6 Å². The number of hydrogen-bond donors (Lipinski definition) is 1. The molecule has 0 aromatic heterocycles. The van der Waals surface area contributed by atoms with Crippen molar-refractivity contribution in [2.24, 2.45) is 0 Å². The summed E-state index contributed by atoms with van der Waals surface area (Å²) in [6.45, 7) is 1.12. The van der Waals surface area contributed by atoms with Gasteiger partial charge in [0, 0.05) is 18.4 Å². The fourth-order valence-corrected chi connectivity index (χ4v) is 3.38. The van der Waals surface area contributed by atoms with Crippen LogP contribution >= 0.6 is 0 Å². The topological polar surface area (TPSA) is 133 Å². The predicted molar refractivity (Wildman–Crippen MR) is 107 cm³/mol. The smallest absolute Gasteiger partial charge is 0.418 e. The van der Waals surface area contributed by atoms with Crippen LogP contribution in [0.25, 0.3) is 0 Å². The van der Waals surface area contributed by atoms with Crippen LogP contribution in [-0.2, 0) is 31.3 Å². The van der Waals surface area contributed by atoms with Gasteiger partial charge in [0.05, 0.1) is 27.5 Å². The lowest BCUT2D eigenvalue weighted by atomic mass is 10.1. The molecule has 2 aromatic carbocycles. The lowest BCUT2D eigenvalue weighted by Crippen LogP contribution is -2.30. The summed E-state index contributed by atoms with van der Waals surface area (Å²) in [5.41, 5.74) is -2.75. The Balaban J connectivity index is 2.16. The quantitative estimate of drug-likeness (QED) is 0.370. The first-order chi connectivity index (χ1) is 14.7. The number of halogens is 3. The van der Waals surface area contributed by atoms with Gasteiger partial charge in [-0.1, -0.05) is 12.1 Å². The van der Waals surface area contributed by atoms with Crippen LogP contribution in [0.3, 0.4) is 0 Å². The molecule has 0 heterocycles. The molecule has 0 bridgehead atoms. The van der Waals surface area contributed by atoms with Gasteiger partial charge in [0.25, 0.3) is 11.6 Å². The number of nitrogens with zero attached hydrogens (tertiary/aromatic N) is 1. The average molecular weight is 474 g/mol. The standard InChI is InChI=1S/C19H17F3N2O7S/c1-11(31-18(26)13-5-3-4-12(8-13)10-32(2,29)30)17(25)23-16-7-6-14(24(27)28)9-15(16)19(20,21)22/h3-9,11H,10H2,1-2H3,(H,23,25). The first kappa shape index (κ1) is 24.8. The zero-order valence-electron chi connectivity index (χ0n) is 16.7. The van der Waals surface area contributed by atoms with Gasteiger partial charge in [-0.25, -0.2) is 13.2 Å². The predicted octanol–water partition coefficient (Wildman–Crippen LogP) is 3.34. The number of nitrogens with one attached hydrogen (secondary N) is 1. The maximum atomic E-state index is 13.2. The van der Waals surface area contributed by atoms with Crippen LogP contribution in [0.1, 0.15) is 28.4 Å². The summed E-state index contributed by atoms with van der Waals surface area (Å²) in [5, 5.41) is 12.7. The molecule has 13 heteroatoms. The third kappa shape index (κ3) is 6.77. The zero-order valence-corrected chi connectivity index (χ0v) is 17.5. The van der Waals surface area contributed by atoms with Crippen LogP contribution in [0, 0.1) is 10.1 Å². The summed E-state index contributed by atoms with van der Waals surface area (Å²) >= 11 is 0. The minimum Gasteiger partial charge on any atom is -0.449 e. The molecule has 0 aliphatic carbocycles. The van der Waals surface area contributed by atoms with Crippen molar-refractivity contribution in [3.63, 3.8) is 0 Å². The Morgan fingerprint density at radius 2 is 1.84 bits per heavy atom. The molecule has 0 saturated heterocycles. The van der Waals surface area contributed by atoms with Crippen LogP contribution in [0.5, 0.6) is 0 Å². The SMILES string of the molecule is CC(OC(=O)c1cccc(CS(C)(=O)=O)c1)C(=O)Nc1ccc([N+](=O)[O-])cc1C(F)(F)F. The molecule has 0 spiro atoms. The Bertz CT molecular complexity index is 1160. The second kappa shape index (κ2) is 9.34. The Morgan fingerprint density at radius 3 is 2.41 bits per heavy atom. The Kier molecular flexibility index (Phi) is 7.24. The van der Waals surface area contributed by atoms with Crippen molar-refractivity contribution >= 4 is 33.1 Å². The number of alkyl halides is 3. The lowest BCUT2D eigenvalue weighted by molar-refractivity contribution is -0.385. The molecular formula is C19H17F3N2O7S. The van der Waals surface area contributed by atoms with E-state index in [1.54, 1.807) is 0 Å². The molecule has 1 atom stereocenters. The highest BCUT2D eigenvalue weighted by Crippen LogP contribution is 2.37. The summed E-state index contributed by atoms with van der Waals surface area (Å²) in [5.74, 6) is -2.43. The van der Waals surface area contributed by atoms with Gasteiger partial charge in [-0.05, 0) is 30.7 Å². The van der Waals surface area contributed by atoms with E-state index >= 15 is 0 Å². The number of ether oxygens (including phenoxy) is 1. The first-order valence-electron chi connectivity index (χ1n) is 8.81. The number of non-ortho nitro benzene ring substituents is 1. The summed E-state index contributed by atoms with van der Waals surface area (Å²) in [6, 6.07) is 7.24. The Labute approximate surface area is 180 Å². The monoisotopic (exact) mass is 474 g/mol. The maximum Gasteiger partial charge on any atom is 0.418 e. The normalized spacial score (nSPS) is 12.7. The summed E-state index contributed by atoms with van der Waals surface area (Å²) in [6.07, 6.45) is -5.51. The molecule has 2 aromatic rings. The molecule has 9 nitrogen and oxygen atoms in total. The molecule has 32 heavy (non-hydrogen) atoms. The van der Waals surface area contributed by atoms with Crippen molar-refractivity contribution in [1.29, 1.82) is 0 Å². The van der Waals surface area contributed by atoms with E-state index in [9.17, 15) is 41.3 Å². The maximum absolute atomic E-state index is 13.2. The number of rotatable bonds is 7. The van der Waals surface area contributed by atoms with Gasteiger partial charge in [-0.15, -0.1) is 0 Å². The molecule has 1 unspecified atom stereocenters. The van der Waals surface area contributed by atoms with E-state index in [-0.39, 0.29) is 17.4 Å². The van der Waals surface area contributed by atoms with E-state index in [2.05, 4.69) is 0 Å². The third-order valence-electron chi connectivity index (χ3n) is 4.02. The van der Waals surface area contributed by atoms with E-state index in [1.807, 2.05) is 5.32 Å². The third-order valence-corrected chi connectivity index (χ3v) is 4.88. The number of amides is 1. The van der Waals surface area contributed by atoms with Crippen molar-refractivity contribution in [1.82, 2.24) is 0 Å². The number of anilines is 1. The average Bonchev–Trinajstić information content (AvgIpc) is 2.66. The largest absolute Gasteiger partial charge is 0.449 e. The molecule has 2 rings (SSSR count). The molecule has 0 fully saturated rings. The number of carbonyl (C=O) groups is 2. The van der Waals surface area contributed by atoms with Crippen LogP contribution in [0.15, 0.2) is 42.5 Å². The number of hydrogen-bond acceptors (Lipinski definition) is 7. The van der Waals surface area contributed by atoms with E-state index in [4.69, 9.17) is 4.74 Å². The minimum absolute atomic E-state index is 0.0582. The highest BCUT2D eigenvalue weighted by molar-refractivity contribution is 7.89. The fraction of sp³-hybridized carbons (Fsp3) is 0.263. The van der Waals surface area contributed by atoms with Gasteiger partial charge < -0.3 is 10.1 Å². The Hall–Kier alpha value is -3.48. The number of esters is 1. The van der Waals surface area contributed by atoms with Crippen molar-refractivity contribution in [3.8, 4) is 0 Å². The summed E-state index contributed by atoms with van der Waals surface area (Å²) in [7, 11) is -3.37. The lowest BCUT2D eigenvalue weighted by Gasteiger charge is -2.17. The van der Waals surface area contributed by atoms with Crippen molar-refractivity contribution in [2.75, 3.05) is 11.6 Å². The number of nitro benzene ring substituents is 1. The van der Waals surface area contributed by atoms with E-state index in [0.717, 1.165) is 25.3 Å². The molecule has 1 N–H and O–H groups in total. The fourth-order valence-electron chi connectivity index (χ4n) is 2.60.